The number of likely N-dealkylation sites (N-methyl/N-ethyl adjacent to an activating group) is 1. The zero-order valence-electron chi connectivity index (χ0n) is 11.4. The van der Waals surface area contributed by atoms with E-state index < -0.39 is 11.5 Å². The minimum absolute atomic E-state index is 0.230. The van der Waals surface area contributed by atoms with Gasteiger partial charge in [0.2, 0.25) is 0 Å². The zero-order chi connectivity index (χ0) is 14.2. The van der Waals surface area contributed by atoms with E-state index in [1.807, 2.05) is 6.92 Å². The van der Waals surface area contributed by atoms with E-state index in [9.17, 15) is 14.7 Å². The van der Waals surface area contributed by atoms with Crippen LogP contribution < -0.4 is 10.5 Å². The van der Waals surface area contributed by atoms with Gasteiger partial charge in [0, 0.05) is 18.5 Å². The summed E-state index contributed by atoms with van der Waals surface area (Å²) in [7, 11) is 0. The quantitative estimate of drug-likeness (QED) is 0.839. The van der Waals surface area contributed by atoms with E-state index in [0.717, 1.165) is 12.8 Å². The molecule has 104 valence electrons. The number of hydrogen-bond donors (Lipinski definition) is 2. The van der Waals surface area contributed by atoms with Gasteiger partial charge in [-0.2, -0.15) is 0 Å². The second kappa shape index (κ2) is 4.68. The van der Waals surface area contributed by atoms with Crippen LogP contribution in [0.5, 0.6) is 0 Å². The third-order valence-electron chi connectivity index (χ3n) is 3.50. The fourth-order valence-corrected chi connectivity index (χ4v) is 2.11. The maximum atomic E-state index is 11.7. The topological polar surface area (TPSA) is 86.3 Å². The molecule has 0 amide bonds. The molecule has 1 saturated carbocycles. The molecule has 0 unspecified atom stereocenters. The van der Waals surface area contributed by atoms with E-state index >= 15 is 0 Å². The molecular weight excluding hydrogens is 246 g/mol. The lowest BCUT2D eigenvalue weighted by atomic mass is 10.0. The van der Waals surface area contributed by atoms with E-state index in [-0.39, 0.29) is 5.56 Å². The number of nitrogens with zero attached hydrogens (tertiary/aromatic N) is 2. The number of carboxylic acid groups (broad SMARTS) is 1. The van der Waals surface area contributed by atoms with E-state index in [1.165, 1.54) is 6.07 Å². The highest BCUT2D eigenvalue weighted by molar-refractivity contribution is 5.82. The van der Waals surface area contributed by atoms with Crippen molar-refractivity contribution in [2.45, 2.75) is 45.1 Å². The lowest BCUT2D eigenvalue weighted by Crippen LogP contribution is -2.51. The molecule has 0 atom stereocenters. The Balaban J connectivity index is 2.43. The first-order chi connectivity index (χ1) is 8.86. The first-order valence-electron chi connectivity index (χ1n) is 6.48. The van der Waals surface area contributed by atoms with Crippen molar-refractivity contribution in [3.05, 3.63) is 22.2 Å². The predicted molar refractivity (Wildman–Crippen MR) is 71.6 cm³/mol. The van der Waals surface area contributed by atoms with Gasteiger partial charge in [-0.15, -0.1) is 0 Å². The molecule has 6 nitrogen and oxygen atoms in total. The van der Waals surface area contributed by atoms with Crippen LogP contribution in [0.4, 0.5) is 5.82 Å². The number of anilines is 1. The molecular formula is C13H19N3O3. The van der Waals surface area contributed by atoms with Crippen LogP contribution in [-0.2, 0) is 4.79 Å². The Hall–Kier alpha value is -1.85. The zero-order valence-corrected chi connectivity index (χ0v) is 11.4. The van der Waals surface area contributed by atoms with Crippen molar-refractivity contribution in [3.63, 3.8) is 0 Å². The molecule has 0 saturated heterocycles. The molecule has 2 N–H and O–H groups in total. The largest absolute Gasteiger partial charge is 0.480 e. The fourth-order valence-electron chi connectivity index (χ4n) is 2.11. The summed E-state index contributed by atoms with van der Waals surface area (Å²) in [6.45, 7) is 5.54. The molecule has 0 spiro atoms. The van der Waals surface area contributed by atoms with Crippen LogP contribution in [0.2, 0.25) is 0 Å². The molecule has 19 heavy (non-hydrogen) atoms. The van der Waals surface area contributed by atoms with E-state index in [2.05, 4.69) is 9.97 Å². The number of carboxylic acids is 1. The molecule has 0 aromatic carbocycles. The van der Waals surface area contributed by atoms with Crippen LogP contribution in [0.3, 0.4) is 0 Å². The summed E-state index contributed by atoms with van der Waals surface area (Å²) in [6, 6.07) is 1.36. The molecule has 1 aliphatic rings. The second-order valence-electron chi connectivity index (χ2n) is 5.37. The maximum absolute atomic E-state index is 11.7. The van der Waals surface area contributed by atoms with Crippen LogP contribution in [-0.4, -0.2) is 33.1 Å². The van der Waals surface area contributed by atoms with Crippen LogP contribution >= 0.6 is 0 Å². The molecule has 0 bridgehead atoms. The fraction of sp³-hybridized carbons (Fsp3) is 0.615. The molecule has 0 radical (unpaired) electrons. The number of hydrogen-bond acceptors (Lipinski definition) is 4. The SMILES string of the molecule is CCN(c1cc(=O)[nH]c(C2CC2)n1)C(C)(C)C(=O)O. The monoisotopic (exact) mass is 265 g/mol. The van der Waals surface area contributed by atoms with Crippen molar-refractivity contribution in [1.29, 1.82) is 0 Å². The third-order valence-corrected chi connectivity index (χ3v) is 3.50. The number of aromatic nitrogens is 2. The Labute approximate surface area is 111 Å². The minimum Gasteiger partial charge on any atom is -0.480 e. The van der Waals surface area contributed by atoms with E-state index in [0.29, 0.717) is 24.1 Å². The molecule has 1 aliphatic carbocycles. The highest BCUT2D eigenvalue weighted by Gasteiger charge is 2.35. The number of aromatic amines is 1. The Morgan fingerprint density at radius 2 is 2.21 bits per heavy atom. The highest BCUT2D eigenvalue weighted by atomic mass is 16.4. The van der Waals surface area contributed by atoms with Gasteiger partial charge in [0.05, 0.1) is 0 Å². The molecule has 0 aliphatic heterocycles. The van der Waals surface area contributed by atoms with Crippen molar-refractivity contribution in [1.82, 2.24) is 9.97 Å². The number of nitrogens with one attached hydrogen (secondary N) is 1. The van der Waals surface area contributed by atoms with Gasteiger partial charge in [-0.3, -0.25) is 4.79 Å². The highest BCUT2D eigenvalue weighted by Crippen LogP contribution is 2.38. The van der Waals surface area contributed by atoms with Gasteiger partial charge in [-0.25, -0.2) is 9.78 Å². The summed E-state index contributed by atoms with van der Waals surface area (Å²) in [6.07, 6.45) is 2.06. The van der Waals surface area contributed by atoms with E-state index in [4.69, 9.17) is 0 Å². The van der Waals surface area contributed by atoms with Crippen molar-refractivity contribution >= 4 is 11.8 Å². The summed E-state index contributed by atoms with van der Waals surface area (Å²) < 4.78 is 0. The van der Waals surface area contributed by atoms with Crippen LogP contribution in [0.15, 0.2) is 10.9 Å². The van der Waals surface area contributed by atoms with Gasteiger partial charge >= 0.3 is 5.97 Å². The first-order valence-corrected chi connectivity index (χ1v) is 6.48. The van der Waals surface area contributed by atoms with Gasteiger partial charge in [0.1, 0.15) is 17.2 Å². The first kappa shape index (κ1) is 13.6. The molecule has 6 heteroatoms. The summed E-state index contributed by atoms with van der Waals surface area (Å²) in [5, 5.41) is 9.31. The van der Waals surface area contributed by atoms with Crippen LogP contribution in [0, 0.1) is 0 Å². The Morgan fingerprint density at radius 3 is 2.68 bits per heavy atom. The third kappa shape index (κ3) is 2.62. The summed E-state index contributed by atoms with van der Waals surface area (Å²) in [4.78, 5) is 31.8. The number of H-pyrrole nitrogens is 1. The summed E-state index contributed by atoms with van der Waals surface area (Å²) >= 11 is 0. The molecule has 2 rings (SSSR count). The molecule has 1 heterocycles. The van der Waals surface area contributed by atoms with E-state index in [1.54, 1.807) is 18.7 Å². The van der Waals surface area contributed by atoms with Crippen molar-refractivity contribution in [3.8, 4) is 0 Å². The number of rotatable bonds is 5. The lowest BCUT2D eigenvalue weighted by molar-refractivity contribution is -0.142. The van der Waals surface area contributed by atoms with Crippen molar-refractivity contribution in [2.75, 3.05) is 11.4 Å². The average Bonchev–Trinajstić information content (AvgIpc) is 3.12. The van der Waals surface area contributed by atoms with Crippen molar-refractivity contribution < 1.29 is 9.90 Å². The second-order valence-corrected chi connectivity index (χ2v) is 5.37. The summed E-state index contributed by atoms with van der Waals surface area (Å²) in [5.74, 6) is 0.478. The van der Waals surface area contributed by atoms with Gasteiger partial charge in [0.15, 0.2) is 0 Å². The van der Waals surface area contributed by atoms with Crippen LogP contribution in [0.1, 0.15) is 45.4 Å². The number of aliphatic carboxylic acids is 1. The Kier molecular flexibility index (Phi) is 3.34. The molecule has 1 aromatic rings. The standard InChI is InChI=1S/C13H19N3O3/c1-4-16(13(2,3)12(18)19)9-7-10(17)15-11(14-9)8-5-6-8/h7-8H,4-6H2,1-3H3,(H,18,19)(H,14,15,17). The summed E-state index contributed by atoms with van der Waals surface area (Å²) in [5.41, 5.74) is -1.33. The smallest absolute Gasteiger partial charge is 0.328 e. The normalized spacial score (nSPS) is 15.3. The van der Waals surface area contributed by atoms with Gasteiger partial charge < -0.3 is 15.0 Å². The predicted octanol–water partition coefficient (Wildman–Crippen LogP) is 1.34. The average molecular weight is 265 g/mol. The van der Waals surface area contributed by atoms with Gasteiger partial charge in [-0.05, 0) is 33.6 Å². The molecule has 1 fully saturated rings. The number of carbonyl (C=O) groups is 1. The maximum Gasteiger partial charge on any atom is 0.328 e. The van der Waals surface area contributed by atoms with Gasteiger partial charge in [0.25, 0.3) is 5.56 Å². The minimum atomic E-state index is -1.10. The van der Waals surface area contributed by atoms with Crippen LogP contribution in [0.25, 0.3) is 0 Å². The van der Waals surface area contributed by atoms with Gasteiger partial charge in [-0.1, -0.05) is 0 Å². The molecule has 1 aromatic heterocycles. The van der Waals surface area contributed by atoms with Crippen molar-refractivity contribution in [2.24, 2.45) is 0 Å². The Bertz CT molecular complexity index is 546. The Morgan fingerprint density at radius 1 is 1.58 bits per heavy atom. The lowest BCUT2D eigenvalue weighted by Gasteiger charge is -2.35.